The van der Waals surface area contributed by atoms with Crippen LogP contribution in [0.2, 0.25) is 0 Å². The van der Waals surface area contributed by atoms with Gasteiger partial charge in [-0.05, 0) is 25.9 Å². The Labute approximate surface area is 101 Å². The van der Waals surface area contributed by atoms with Gasteiger partial charge in [-0.15, -0.1) is 13.2 Å². The summed E-state index contributed by atoms with van der Waals surface area (Å²) in [6.45, 7) is 3.36. The summed E-state index contributed by atoms with van der Waals surface area (Å²) in [7, 11) is 5.70. The summed E-state index contributed by atoms with van der Waals surface area (Å²) in [6, 6.07) is -0.318. The van der Waals surface area contributed by atoms with Gasteiger partial charge in [0.05, 0.1) is 16.1 Å². The highest BCUT2D eigenvalue weighted by molar-refractivity contribution is 14.1. The number of hydrogen-bond donors (Lipinski definition) is 1. The zero-order valence-corrected chi connectivity index (χ0v) is 11.7. The van der Waals surface area contributed by atoms with Crippen LogP contribution in [0.3, 0.4) is 0 Å². The van der Waals surface area contributed by atoms with Gasteiger partial charge in [0.15, 0.2) is 0 Å². The van der Waals surface area contributed by atoms with E-state index in [1.165, 1.54) is 0 Å². The first-order valence-electron chi connectivity index (χ1n) is 4.72. The van der Waals surface area contributed by atoms with Crippen molar-refractivity contribution >= 4 is 43.6 Å². The van der Waals surface area contributed by atoms with Gasteiger partial charge in [0.2, 0.25) is 0 Å². The van der Waals surface area contributed by atoms with Crippen LogP contribution in [0.1, 0.15) is 6.42 Å². The number of halogens is 1. The number of rotatable bonds is 3. The van der Waals surface area contributed by atoms with Gasteiger partial charge in [0, 0.05) is 6.00 Å². The van der Waals surface area contributed by atoms with Crippen molar-refractivity contribution in [3.63, 3.8) is 0 Å². The van der Waals surface area contributed by atoms with Crippen LogP contribution in [0.4, 0.5) is 0 Å². The van der Waals surface area contributed by atoms with Crippen LogP contribution in [0.5, 0.6) is 0 Å². The zero-order valence-electron chi connectivity index (χ0n) is 8.69. The van der Waals surface area contributed by atoms with Crippen LogP contribution in [0.25, 0.3) is 0 Å². The maximum Gasteiger partial charge on any atom is 0.110 e. The molecule has 2 nitrogen and oxygen atoms in total. The number of ether oxygens (including phenoxy) is 1. The molecule has 0 bridgehead atoms. The molecule has 1 N–H and O–H groups in total. The SMILES string of the molecule is [B][C@@H]1O[C@H](CCP(=C)(C)C)[C@@H](O)C1I. The molecule has 5 heteroatoms. The highest BCUT2D eigenvalue weighted by Gasteiger charge is 2.38. The smallest absolute Gasteiger partial charge is 0.110 e. The van der Waals surface area contributed by atoms with Crippen molar-refractivity contribution in [1.29, 1.82) is 0 Å². The van der Waals surface area contributed by atoms with Crippen molar-refractivity contribution in [2.75, 3.05) is 19.5 Å². The molecule has 1 heterocycles. The summed E-state index contributed by atoms with van der Waals surface area (Å²) in [5.41, 5.74) is 0. The average molecular weight is 326 g/mol. The van der Waals surface area contributed by atoms with Crippen LogP contribution in [-0.2, 0) is 4.74 Å². The van der Waals surface area contributed by atoms with Crippen LogP contribution in [0.15, 0.2) is 0 Å². The Hall–Kier alpha value is 1.01. The minimum atomic E-state index is -1.02. The highest BCUT2D eigenvalue weighted by Crippen LogP contribution is 2.38. The number of alkyl halides is 1. The van der Waals surface area contributed by atoms with Crippen LogP contribution in [0, 0.1) is 0 Å². The summed E-state index contributed by atoms with van der Waals surface area (Å²) < 4.78 is 5.51. The molecule has 4 atom stereocenters. The molecule has 2 radical (unpaired) electrons. The zero-order chi connectivity index (χ0) is 10.9. The quantitative estimate of drug-likeness (QED) is 0.365. The van der Waals surface area contributed by atoms with Crippen molar-refractivity contribution in [3.8, 4) is 0 Å². The molecule has 1 fully saturated rings. The van der Waals surface area contributed by atoms with E-state index < -0.39 is 13.0 Å². The largest absolute Gasteiger partial charge is 0.389 e. The molecule has 1 saturated heterocycles. The van der Waals surface area contributed by atoms with Crippen molar-refractivity contribution in [2.24, 2.45) is 0 Å². The molecule has 14 heavy (non-hydrogen) atoms. The third-order valence-corrected chi connectivity index (χ3v) is 5.29. The maximum absolute atomic E-state index is 9.80. The fraction of sp³-hybridized carbons (Fsp3) is 0.889. The molecule has 1 aliphatic heterocycles. The fourth-order valence-corrected chi connectivity index (χ4v) is 3.06. The Morgan fingerprint density at radius 1 is 1.57 bits per heavy atom. The molecule has 0 aromatic carbocycles. The lowest BCUT2D eigenvalue weighted by molar-refractivity contribution is 0.0313. The third-order valence-electron chi connectivity index (χ3n) is 2.37. The van der Waals surface area contributed by atoms with E-state index in [0.29, 0.717) is 0 Å². The number of aliphatic hydroxyl groups is 1. The minimum Gasteiger partial charge on any atom is -0.389 e. The Kier molecular flexibility index (Phi) is 4.58. The van der Waals surface area contributed by atoms with E-state index in [-0.39, 0.29) is 16.0 Å². The molecular formula is C9H17BIO2P. The summed E-state index contributed by atoms with van der Waals surface area (Å²) in [6.07, 6.45) is 5.55. The molecule has 0 spiro atoms. The fourth-order valence-electron chi connectivity index (χ4n) is 1.47. The lowest BCUT2D eigenvalue weighted by Crippen LogP contribution is -2.28. The van der Waals surface area contributed by atoms with E-state index in [1.807, 2.05) is 0 Å². The summed E-state index contributed by atoms with van der Waals surface area (Å²) in [5.74, 6) is 0. The second-order valence-corrected chi connectivity index (χ2v) is 10.3. The van der Waals surface area contributed by atoms with E-state index in [0.717, 1.165) is 12.6 Å². The van der Waals surface area contributed by atoms with Crippen molar-refractivity contribution in [3.05, 3.63) is 0 Å². The Morgan fingerprint density at radius 2 is 2.14 bits per heavy atom. The summed E-state index contributed by atoms with van der Waals surface area (Å²) in [5, 5.41) is 9.80. The maximum atomic E-state index is 9.80. The standard InChI is InChI=1S/C9H17BIO2P/c1-14(2,3)5-4-6-8(12)7(11)9(10)13-6/h6-9,12H,1,4-5H2,2-3H3/t6-,7?,8-,9-/m1/s1. The van der Waals surface area contributed by atoms with Gasteiger partial charge in [-0.25, -0.2) is 0 Å². The van der Waals surface area contributed by atoms with Gasteiger partial charge < -0.3 is 9.84 Å². The van der Waals surface area contributed by atoms with Crippen LogP contribution < -0.4 is 0 Å². The lowest BCUT2D eigenvalue weighted by Gasteiger charge is -2.18. The predicted octanol–water partition coefficient (Wildman–Crippen LogP) is 1.14. The summed E-state index contributed by atoms with van der Waals surface area (Å²) in [4.78, 5) is 0. The molecule has 1 aliphatic rings. The van der Waals surface area contributed by atoms with Crippen LogP contribution in [-0.4, -0.2) is 60.9 Å². The molecule has 1 unspecified atom stereocenters. The molecule has 0 aliphatic carbocycles. The van der Waals surface area contributed by atoms with Gasteiger partial charge in [-0.3, -0.25) is 0 Å². The van der Waals surface area contributed by atoms with Crippen molar-refractivity contribution in [2.45, 2.75) is 28.6 Å². The van der Waals surface area contributed by atoms with Crippen LogP contribution >= 0.6 is 29.5 Å². The van der Waals surface area contributed by atoms with E-state index >= 15 is 0 Å². The monoisotopic (exact) mass is 326 g/mol. The molecular weight excluding hydrogens is 309 g/mol. The molecule has 1 rings (SSSR count). The third kappa shape index (κ3) is 3.55. The first kappa shape index (κ1) is 13.1. The van der Waals surface area contributed by atoms with E-state index in [4.69, 9.17) is 12.6 Å². The van der Waals surface area contributed by atoms with Gasteiger partial charge in [-0.1, -0.05) is 22.6 Å². The number of aliphatic hydroxyl groups excluding tert-OH is 1. The van der Waals surface area contributed by atoms with E-state index in [9.17, 15) is 5.11 Å². The van der Waals surface area contributed by atoms with Gasteiger partial charge in [-0.2, -0.15) is 0 Å². The topological polar surface area (TPSA) is 29.5 Å². The molecule has 0 amide bonds. The Morgan fingerprint density at radius 3 is 2.50 bits per heavy atom. The molecule has 80 valence electrons. The van der Waals surface area contributed by atoms with E-state index in [2.05, 4.69) is 42.2 Å². The number of hydrogen-bond acceptors (Lipinski definition) is 2. The summed E-state index contributed by atoms with van der Waals surface area (Å²) >= 11 is 2.15. The second-order valence-electron chi connectivity index (χ2n) is 4.52. The predicted molar refractivity (Wildman–Crippen MR) is 73.6 cm³/mol. The Balaban J connectivity index is 2.44. The normalized spacial score (nSPS) is 38.9. The first-order valence-corrected chi connectivity index (χ1v) is 9.02. The van der Waals surface area contributed by atoms with Gasteiger partial charge in [0.1, 0.15) is 7.85 Å². The van der Waals surface area contributed by atoms with Gasteiger partial charge in [0.25, 0.3) is 0 Å². The Bertz CT molecular complexity index is 243. The van der Waals surface area contributed by atoms with Gasteiger partial charge >= 0.3 is 0 Å². The van der Waals surface area contributed by atoms with Crippen molar-refractivity contribution in [1.82, 2.24) is 0 Å². The second kappa shape index (κ2) is 4.90. The highest BCUT2D eigenvalue weighted by atomic mass is 127. The average Bonchev–Trinajstić information content (AvgIpc) is 2.28. The first-order chi connectivity index (χ1) is 6.31. The molecule has 0 aromatic heterocycles. The van der Waals surface area contributed by atoms with E-state index in [1.54, 1.807) is 0 Å². The van der Waals surface area contributed by atoms with Crippen molar-refractivity contribution < 1.29 is 9.84 Å². The lowest BCUT2D eigenvalue weighted by atomic mass is 9.96. The minimum absolute atomic E-state index is 0.0175. The molecule has 0 saturated carbocycles. The molecule has 0 aromatic rings.